The number of hydrogen-bond donors (Lipinski definition) is 1. The maximum Gasteiger partial charge on any atom is 0.223 e. The number of nitrogens with one attached hydrogen (secondary N) is 1. The van der Waals surface area contributed by atoms with Crippen LogP contribution in [0.1, 0.15) is 24.1 Å². The molecule has 1 aliphatic carbocycles. The Balaban J connectivity index is 1.35. The molecule has 0 saturated heterocycles. The second-order valence-corrected chi connectivity index (χ2v) is 8.83. The number of halogens is 2. The molecule has 1 aromatic carbocycles. The van der Waals surface area contributed by atoms with Crippen molar-refractivity contribution in [2.75, 3.05) is 0 Å². The summed E-state index contributed by atoms with van der Waals surface area (Å²) in [5.41, 5.74) is 3.59. The minimum absolute atomic E-state index is 0.489. The van der Waals surface area contributed by atoms with Crippen LogP contribution in [0.3, 0.4) is 0 Å². The summed E-state index contributed by atoms with van der Waals surface area (Å²) >= 11 is 9.82. The highest BCUT2D eigenvalue weighted by atomic mass is 79.9. The summed E-state index contributed by atoms with van der Waals surface area (Å²) in [6, 6.07) is 11.6. The van der Waals surface area contributed by atoms with Crippen LogP contribution in [-0.4, -0.2) is 25.0 Å². The van der Waals surface area contributed by atoms with Crippen LogP contribution < -0.4 is 10.1 Å². The van der Waals surface area contributed by atoms with Gasteiger partial charge in [-0.05, 0) is 65.0 Å². The lowest BCUT2D eigenvalue weighted by Gasteiger charge is -2.12. The summed E-state index contributed by atoms with van der Waals surface area (Å²) in [6.07, 6.45) is 5.89. The van der Waals surface area contributed by atoms with Crippen molar-refractivity contribution in [3.8, 4) is 11.6 Å². The van der Waals surface area contributed by atoms with Gasteiger partial charge in [0.2, 0.25) is 5.88 Å². The molecule has 9 heteroatoms. The number of pyridine rings is 2. The Bertz CT molecular complexity index is 1210. The van der Waals surface area contributed by atoms with E-state index in [4.69, 9.17) is 16.3 Å². The van der Waals surface area contributed by atoms with E-state index in [0.717, 1.165) is 39.2 Å². The molecule has 3 aromatic heterocycles. The monoisotopic (exact) mass is 498 g/mol. The fourth-order valence-corrected chi connectivity index (χ4v) is 4.04. The Morgan fingerprint density at radius 1 is 1.16 bits per heavy atom. The van der Waals surface area contributed by atoms with Gasteiger partial charge in [0.25, 0.3) is 0 Å². The molecule has 0 unspecified atom stereocenters. The van der Waals surface area contributed by atoms with Crippen molar-refractivity contribution in [3.05, 3.63) is 69.5 Å². The molecule has 0 amide bonds. The first-order valence-corrected chi connectivity index (χ1v) is 11.3. The van der Waals surface area contributed by atoms with Crippen LogP contribution in [0.4, 0.5) is 0 Å². The number of nitrogens with zero attached hydrogens (tertiary/aromatic N) is 5. The van der Waals surface area contributed by atoms with Crippen molar-refractivity contribution in [2.45, 2.75) is 32.5 Å². The zero-order valence-corrected chi connectivity index (χ0v) is 19.0. The normalized spacial score (nSPS) is 13.6. The van der Waals surface area contributed by atoms with Gasteiger partial charge in [0, 0.05) is 37.6 Å². The van der Waals surface area contributed by atoms with E-state index in [9.17, 15) is 0 Å². The van der Waals surface area contributed by atoms with Gasteiger partial charge in [0.15, 0.2) is 0 Å². The van der Waals surface area contributed by atoms with Crippen molar-refractivity contribution in [3.63, 3.8) is 0 Å². The molecule has 1 fully saturated rings. The second kappa shape index (κ2) is 8.90. The minimum Gasteiger partial charge on any atom is -0.437 e. The van der Waals surface area contributed by atoms with Crippen molar-refractivity contribution in [2.24, 2.45) is 5.92 Å². The van der Waals surface area contributed by atoms with E-state index in [1.165, 1.54) is 12.8 Å². The van der Waals surface area contributed by atoms with Crippen LogP contribution in [0.5, 0.6) is 11.6 Å². The van der Waals surface area contributed by atoms with Gasteiger partial charge in [0.1, 0.15) is 11.3 Å². The smallest absolute Gasteiger partial charge is 0.223 e. The number of aromatic nitrogens is 5. The van der Waals surface area contributed by atoms with Gasteiger partial charge in [-0.25, -0.2) is 9.67 Å². The Labute approximate surface area is 192 Å². The third kappa shape index (κ3) is 4.71. The minimum atomic E-state index is 0.489. The average molecular weight is 500 g/mol. The quantitative estimate of drug-likeness (QED) is 0.362. The maximum atomic E-state index is 6.19. The van der Waals surface area contributed by atoms with Crippen LogP contribution in [0.2, 0.25) is 5.02 Å². The number of fused-ring (bicyclic) bond motifs is 1. The van der Waals surface area contributed by atoms with E-state index in [1.807, 2.05) is 41.1 Å². The topological polar surface area (TPSA) is 77.8 Å². The molecule has 31 heavy (non-hydrogen) atoms. The zero-order valence-electron chi connectivity index (χ0n) is 16.6. The molecular formula is C22H20BrClN6O. The highest BCUT2D eigenvalue weighted by Gasteiger charge is 2.24. The Morgan fingerprint density at radius 3 is 2.87 bits per heavy atom. The van der Waals surface area contributed by atoms with Crippen LogP contribution in [0, 0.1) is 5.92 Å². The standard InChI is InChI=1S/C22H20BrClN6O/c23-20-19(7-6-18-21(20)28-29-30(18)13-14-4-5-14)31-22-15(9-16(24)11-27-22)10-25-12-17-3-1-2-8-26-17/h1-3,6-9,11,14,25H,4-5,10,12-13H2. The molecule has 0 radical (unpaired) electrons. The van der Waals surface area contributed by atoms with E-state index in [2.05, 4.69) is 41.5 Å². The van der Waals surface area contributed by atoms with Gasteiger partial charge in [-0.2, -0.15) is 0 Å². The lowest BCUT2D eigenvalue weighted by molar-refractivity contribution is 0.450. The number of rotatable bonds is 8. The van der Waals surface area contributed by atoms with Gasteiger partial charge >= 0.3 is 0 Å². The summed E-state index contributed by atoms with van der Waals surface area (Å²) in [4.78, 5) is 8.73. The van der Waals surface area contributed by atoms with E-state index in [-0.39, 0.29) is 0 Å². The highest BCUT2D eigenvalue weighted by molar-refractivity contribution is 9.10. The first-order chi connectivity index (χ1) is 15.2. The summed E-state index contributed by atoms with van der Waals surface area (Å²) in [7, 11) is 0. The third-order valence-corrected chi connectivity index (χ3v) is 6.14. The fourth-order valence-electron chi connectivity index (χ4n) is 3.36. The van der Waals surface area contributed by atoms with Gasteiger partial charge in [-0.15, -0.1) is 5.10 Å². The molecule has 158 valence electrons. The lowest BCUT2D eigenvalue weighted by Crippen LogP contribution is -2.14. The van der Waals surface area contributed by atoms with E-state index >= 15 is 0 Å². The molecule has 1 N–H and O–H groups in total. The summed E-state index contributed by atoms with van der Waals surface area (Å²) in [5, 5.41) is 12.6. The Kier molecular flexibility index (Phi) is 5.85. The van der Waals surface area contributed by atoms with Gasteiger partial charge in [-0.3, -0.25) is 4.98 Å². The summed E-state index contributed by atoms with van der Waals surface area (Å²) in [6.45, 7) is 2.08. The molecule has 1 saturated carbocycles. The number of benzene rings is 1. The second-order valence-electron chi connectivity index (χ2n) is 7.60. The van der Waals surface area contributed by atoms with Crippen LogP contribution in [0.15, 0.2) is 53.3 Å². The fraction of sp³-hybridized carbons (Fsp3) is 0.273. The van der Waals surface area contributed by atoms with Crippen LogP contribution in [0.25, 0.3) is 11.0 Å². The first kappa shape index (κ1) is 20.4. The third-order valence-electron chi connectivity index (χ3n) is 5.16. The van der Waals surface area contributed by atoms with E-state index < -0.39 is 0 Å². The number of hydrogen-bond acceptors (Lipinski definition) is 6. The largest absolute Gasteiger partial charge is 0.437 e. The number of ether oxygens (including phenoxy) is 1. The Morgan fingerprint density at radius 2 is 2.06 bits per heavy atom. The van der Waals surface area contributed by atoms with Crippen LogP contribution in [-0.2, 0) is 19.6 Å². The van der Waals surface area contributed by atoms with E-state index in [0.29, 0.717) is 29.7 Å². The molecule has 5 rings (SSSR count). The highest BCUT2D eigenvalue weighted by Crippen LogP contribution is 2.37. The molecule has 1 aliphatic rings. The average Bonchev–Trinajstić information content (AvgIpc) is 3.50. The van der Waals surface area contributed by atoms with Crippen molar-refractivity contribution in [1.29, 1.82) is 0 Å². The Hall–Kier alpha value is -2.55. The van der Waals surface area contributed by atoms with Crippen molar-refractivity contribution >= 4 is 38.6 Å². The molecule has 0 bridgehead atoms. The molecule has 0 spiro atoms. The zero-order chi connectivity index (χ0) is 21.2. The SMILES string of the molecule is Clc1cnc(Oc2ccc3c(nnn3CC3CC3)c2Br)c(CNCc2ccccn2)c1. The summed E-state index contributed by atoms with van der Waals surface area (Å²) < 4.78 is 8.89. The molecule has 7 nitrogen and oxygen atoms in total. The van der Waals surface area contributed by atoms with Gasteiger partial charge < -0.3 is 10.1 Å². The van der Waals surface area contributed by atoms with Gasteiger partial charge in [0.05, 0.1) is 20.7 Å². The van der Waals surface area contributed by atoms with Crippen LogP contribution >= 0.6 is 27.5 Å². The van der Waals surface area contributed by atoms with Gasteiger partial charge in [-0.1, -0.05) is 22.9 Å². The lowest BCUT2D eigenvalue weighted by atomic mass is 10.2. The molecule has 3 heterocycles. The molecule has 0 atom stereocenters. The molecule has 0 aliphatic heterocycles. The van der Waals surface area contributed by atoms with Crippen molar-refractivity contribution in [1.82, 2.24) is 30.3 Å². The predicted molar refractivity (Wildman–Crippen MR) is 122 cm³/mol. The predicted octanol–water partition coefficient (Wildman–Crippen LogP) is 5.13. The molecular weight excluding hydrogens is 480 g/mol. The van der Waals surface area contributed by atoms with E-state index in [1.54, 1.807) is 12.4 Å². The van der Waals surface area contributed by atoms with Crippen molar-refractivity contribution < 1.29 is 4.74 Å². The molecule has 4 aromatic rings. The maximum absolute atomic E-state index is 6.19. The first-order valence-electron chi connectivity index (χ1n) is 10.1. The summed E-state index contributed by atoms with van der Waals surface area (Å²) in [5.74, 6) is 1.84.